The Bertz CT molecular complexity index is 470. The summed E-state index contributed by atoms with van der Waals surface area (Å²) in [5.74, 6) is -0.883. The van der Waals surface area contributed by atoms with E-state index >= 15 is 0 Å². The lowest BCUT2D eigenvalue weighted by Crippen LogP contribution is -2.43. The van der Waals surface area contributed by atoms with Gasteiger partial charge in [0.15, 0.2) is 0 Å². The van der Waals surface area contributed by atoms with E-state index in [0.717, 1.165) is 4.47 Å². The molecular formula is C14H19BrN2O3. The summed E-state index contributed by atoms with van der Waals surface area (Å²) in [5, 5.41) is 14.6. The van der Waals surface area contributed by atoms with Gasteiger partial charge in [-0.1, -0.05) is 29.8 Å². The molecule has 0 heterocycles. The third kappa shape index (κ3) is 4.23. The largest absolute Gasteiger partial charge is 0.481 e. The molecule has 6 heteroatoms. The van der Waals surface area contributed by atoms with Crippen molar-refractivity contribution >= 4 is 33.6 Å². The molecule has 0 saturated carbocycles. The highest BCUT2D eigenvalue weighted by Gasteiger charge is 2.35. The number of nitrogens with one attached hydrogen (secondary N) is 2. The number of carboxylic acid groups (broad SMARTS) is 1. The number of benzene rings is 1. The van der Waals surface area contributed by atoms with Crippen LogP contribution in [0.5, 0.6) is 0 Å². The number of amides is 2. The summed E-state index contributed by atoms with van der Waals surface area (Å²) in [6.07, 6.45) is 0.939. The first kappa shape index (κ1) is 16.5. The SMILES string of the molecule is CCC(CC)(CNC(=O)Nc1ccc(Br)cc1)C(=O)O. The van der Waals surface area contributed by atoms with Crippen molar-refractivity contribution < 1.29 is 14.7 Å². The molecule has 0 spiro atoms. The molecule has 0 atom stereocenters. The smallest absolute Gasteiger partial charge is 0.319 e. The van der Waals surface area contributed by atoms with Crippen molar-refractivity contribution in [3.05, 3.63) is 28.7 Å². The van der Waals surface area contributed by atoms with Gasteiger partial charge >= 0.3 is 12.0 Å². The van der Waals surface area contributed by atoms with E-state index in [2.05, 4.69) is 26.6 Å². The molecular weight excluding hydrogens is 324 g/mol. The van der Waals surface area contributed by atoms with Gasteiger partial charge in [-0.25, -0.2) is 4.79 Å². The van der Waals surface area contributed by atoms with Gasteiger partial charge in [0.05, 0.1) is 5.41 Å². The van der Waals surface area contributed by atoms with Gasteiger partial charge in [0.25, 0.3) is 0 Å². The Hall–Kier alpha value is -1.56. The maximum atomic E-state index is 11.8. The minimum atomic E-state index is -0.906. The molecule has 5 nitrogen and oxygen atoms in total. The first-order chi connectivity index (χ1) is 9.43. The molecule has 0 saturated heterocycles. The molecule has 110 valence electrons. The van der Waals surface area contributed by atoms with Crippen molar-refractivity contribution in [2.24, 2.45) is 5.41 Å². The fourth-order valence-electron chi connectivity index (χ4n) is 1.84. The second kappa shape index (κ2) is 7.28. The minimum absolute atomic E-state index is 0.109. The molecule has 1 aromatic rings. The fourth-order valence-corrected chi connectivity index (χ4v) is 2.10. The number of anilines is 1. The van der Waals surface area contributed by atoms with Crippen LogP contribution in [0.1, 0.15) is 26.7 Å². The number of carbonyl (C=O) groups is 2. The van der Waals surface area contributed by atoms with Gasteiger partial charge in [-0.2, -0.15) is 0 Å². The van der Waals surface area contributed by atoms with Gasteiger partial charge < -0.3 is 15.7 Å². The molecule has 1 rings (SSSR count). The van der Waals surface area contributed by atoms with Crippen LogP contribution in [0.4, 0.5) is 10.5 Å². The molecule has 0 unspecified atom stereocenters. The second-order valence-electron chi connectivity index (χ2n) is 4.61. The molecule has 1 aromatic carbocycles. The summed E-state index contributed by atoms with van der Waals surface area (Å²) in [4.78, 5) is 23.1. The third-order valence-corrected chi connectivity index (χ3v) is 4.03. The number of carboxylic acids is 1. The normalized spacial score (nSPS) is 10.9. The molecule has 3 N–H and O–H groups in total. The van der Waals surface area contributed by atoms with Crippen molar-refractivity contribution in [3.63, 3.8) is 0 Å². The predicted molar refractivity (Wildman–Crippen MR) is 81.8 cm³/mol. The van der Waals surface area contributed by atoms with E-state index in [1.165, 1.54) is 0 Å². The van der Waals surface area contributed by atoms with Gasteiger partial charge in [0.1, 0.15) is 0 Å². The molecule has 20 heavy (non-hydrogen) atoms. The highest BCUT2D eigenvalue weighted by Crippen LogP contribution is 2.25. The zero-order valence-corrected chi connectivity index (χ0v) is 13.2. The highest BCUT2D eigenvalue weighted by atomic mass is 79.9. The van der Waals surface area contributed by atoms with Crippen LogP contribution >= 0.6 is 15.9 Å². The quantitative estimate of drug-likeness (QED) is 0.740. The predicted octanol–water partition coefficient (Wildman–Crippen LogP) is 3.46. The van der Waals surface area contributed by atoms with Crippen molar-refractivity contribution in [1.82, 2.24) is 5.32 Å². The Balaban J connectivity index is 2.58. The van der Waals surface area contributed by atoms with Crippen molar-refractivity contribution in [1.29, 1.82) is 0 Å². The lowest BCUT2D eigenvalue weighted by molar-refractivity contribution is -0.149. The Kier molecular flexibility index (Phi) is 6.01. The second-order valence-corrected chi connectivity index (χ2v) is 5.52. The number of carbonyl (C=O) groups excluding carboxylic acids is 1. The highest BCUT2D eigenvalue weighted by molar-refractivity contribution is 9.10. The summed E-state index contributed by atoms with van der Waals surface area (Å²) < 4.78 is 0.922. The molecule has 0 bridgehead atoms. The molecule has 0 fully saturated rings. The number of urea groups is 1. The van der Waals surface area contributed by atoms with Crippen molar-refractivity contribution in [3.8, 4) is 0 Å². The Labute approximate surface area is 126 Å². The summed E-state index contributed by atoms with van der Waals surface area (Å²) in [6, 6.07) is 6.74. The van der Waals surface area contributed by atoms with E-state index in [1.807, 2.05) is 26.0 Å². The monoisotopic (exact) mass is 342 g/mol. The van der Waals surface area contributed by atoms with Gasteiger partial charge in [-0.3, -0.25) is 4.79 Å². The Morgan fingerprint density at radius 1 is 1.20 bits per heavy atom. The van der Waals surface area contributed by atoms with E-state index in [4.69, 9.17) is 0 Å². The zero-order valence-electron chi connectivity index (χ0n) is 11.6. The lowest BCUT2D eigenvalue weighted by atomic mass is 9.82. The van der Waals surface area contributed by atoms with Crippen LogP contribution in [-0.2, 0) is 4.79 Å². The maximum Gasteiger partial charge on any atom is 0.319 e. The molecule has 0 aromatic heterocycles. The fraction of sp³-hybridized carbons (Fsp3) is 0.429. The van der Waals surface area contributed by atoms with Crippen LogP contribution in [0, 0.1) is 5.41 Å². The molecule has 0 aliphatic rings. The average Bonchev–Trinajstić information content (AvgIpc) is 2.43. The van der Waals surface area contributed by atoms with Gasteiger partial charge in [-0.15, -0.1) is 0 Å². The van der Waals surface area contributed by atoms with E-state index in [1.54, 1.807) is 12.1 Å². The Morgan fingerprint density at radius 3 is 2.20 bits per heavy atom. The van der Waals surface area contributed by atoms with Crippen LogP contribution in [0.25, 0.3) is 0 Å². The first-order valence-corrected chi connectivity index (χ1v) is 7.26. The van der Waals surface area contributed by atoms with Gasteiger partial charge in [-0.05, 0) is 37.1 Å². The van der Waals surface area contributed by atoms with E-state index in [0.29, 0.717) is 18.5 Å². The average molecular weight is 343 g/mol. The van der Waals surface area contributed by atoms with Crippen LogP contribution in [0.2, 0.25) is 0 Å². The summed E-state index contributed by atoms with van der Waals surface area (Å²) in [6.45, 7) is 3.73. The zero-order chi connectivity index (χ0) is 15.2. The lowest BCUT2D eigenvalue weighted by Gasteiger charge is -2.26. The summed E-state index contributed by atoms with van der Waals surface area (Å²) in [7, 11) is 0. The van der Waals surface area contributed by atoms with Gasteiger partial charge in [0, 0.05) is 16.7 Å². The van der Waals surface area contributed by atoms with Crippen LogP contribution in [0.3, 0.4) is 0 Å². The number of halogens is 1. The maximum absolute atomic E-state index is 11.8. The molecule has 0 radical (unpaired) electrons. The number of rotatable bonds is 6. The Morgan fingerprint density at radius 2 is 1.75 bits per heavy atom. The molecule has 0 aliphatic heterocycles. The number of hydrogen-bond donors (Lipinski definition) is 3. The van der Waals surface area contributed by atoms with Crippen molar-refractivity contribution in [2.45, 2.75) is 26.7 Å². The van der Waals surface area contributed by atoms with Crippen molar-refractivity contribution in [2.75, 3.05) is 11.9 Å². The van der Waals surface area contributed by atoms with Crippen LogP contribution in [-0.4, -0.2) is 23.7 Å². The standard InChI is InChI=1S/C14H19BrN2O3/c1-3-14(4-2,12(18)19)9-16-13(20)17-11-7-5-10(15)6-8-11/h5-8H,3-4,9H2,1-2H3,(H,18,19)(H2,16,17,20). The summed E-state index contributed by atoms with van der Waals surface area (Å²) >= 11 is 3.31. The summed E-state index contributed by atoms with van der Waals surface area (Å²) in [5.41, 5.74) is -0.253. The number of hydrogen-bond acceptors (Lipinski definition) is 2. The van der Waals surface area contributed by atoms with Crippen LogP contribution in [0.15, 0.2) is 28.7 Å². The van der Waals surface area contributed by atoms with Crippen LogP contribution < -0.4 is 10.6 Å². The van der Waals surface area contributed by atoms with E-state index < -0.39 is 17.4 Å². The van der Waals surface area contributed by atoms with Gasteiger partial charge in [0.2, 0.25) is 0 Å². The topological polar surface area (TPSA) is 78.4 Å². The number of aliphatic carboxylic acids is 1. The third-order valence-electron chi connectivity index (χ3n) is 3.50. The molecule has 0 aliphatic carbocycles. The first-order valence-electron chi connectivity index (χ1n) is 6.47. The molecule has 2 amide bonds. The van der Waals surface area contributed by atoms with E-state index in [9.17, 15) is 14.7 Å². The minimum Gasteiger partial charge on any atom is -0.481 e. The van der Waals surface area contributed by atoms with E-state index in [-0.39, 0.29) is 6.54 Å².